The first kappa shape index (κ1) is 12.7. The van der Waals surface area contributed by atoms with Crippen LogP contribution >= 0.6 is 0 Å². The van der Waals surface area contributed by atoms with E-state index >= 15 is 0 Å². The molecule has 78 valence electrons. The molecule has 2 heteroatoms. The molecule has 0 aromatic rings. The van der Waals surface area contributed by atoms with Crippen molar-refractivity contribution < 1.29 is 0 Å². The average Bonchev–Trinajstić information content (AvgIpc) is 2.16. The molecular formula is C11H24N2. The molecule has 0 spiro atoms. The van der Waals surface area contributed by atoms with Gasteiger partial charge in [0.1, 0.15) is 0 Å². The van der Waals surface area contributed by atoms with Gasteiger partial charge in [-0.2, -0.15) is 0 Å². The molecule has 0 unspecified atom stereocenters. The van der Waals surface area contributed by atoms with E-state index in [9.17, 15) is 0 Å². The molecule has 0 fully saturated rings. The van der Waals surface area contributed by atoms with Crippen LogP contribution in [0.2, 0.25) is 0 Å². The van der Waals surface area contributed by atoms with Gasteiger partial charge in [-0.1, -0.05) is 18.9 Å². The molecule has 0 aliphatic rings. The van der Waals surface area contributed by atoms with E-state index in [1.807, 2.05) is 6.08 Å². The predicted molar refractivity (Wildman–Crippen MR) is 59.8 cm³/mol. The first-order chi connectivity index (χ1) is 6.41. The van der Waals surface area contributed by atoms with Crippen molar-refractivity contribution in [3.63, 3.8) is 0 Å². The van der Waals surface area contributed by atoms with Crippen molar-refractivity contribution in [3.8, 4) is 0 Å². The maximum Gasteiger partial charge on any atom is -0.00369 e. The van der Waals surface area contributed by atoms with Gasteiger partial charge in [0.25, 0.3) is 0 Å². The van der Waals surface area contributed by atoms with Crippen molar-refractivity contribution in [2.45, 2.75) is 38.5 Å². The Bertz CT molecular complexity index is 102. The second-order valence-electron chi connectivity index (χ2n) is 3.38. The van der Waals surface area contributed by atoms with Gasteiger partial charge < -0.3 is 11.1 Å². The largest absolute Gasteiger partial charge is 0.330 e. The van der Waals surface area contributed by atoms with E-state index in [0.717, 1.165) is 26.1 Å². The lowest BCUT2D eigenvalue weighted by Crippen LogP contribution is -2.19. The number of allylic oxidation sites excluding steroid dienone is 1. The molecule has 0 radical (unpaired) electrons. The Morgan fingerprint density at radius 1 is 1.00 bits per heavy atom. The normalized spacial score (nSPS) is 10.2. The molecule has 3 N–H and O–H groups in total. The van der Waals surface area contributed by atoms with Crippen molar-refractivity contribution in [1.29, 1.82) is 0 Å². The summed E-state index contributed by atoms with van der Waals surface area (Å²) < 4.78 is 0. The molecule has 0 saturated carbocycles. The molecule has 0 amide bonds. The maximum atomic E-state index is 5.37. The van der Waals surface area contributed by atoms with Crippen LogP contribution in [0.5, 0.6) is 0 Å². The predicted octanol–water partition coefficient (Wildman–Crippen LogP) is 2.06. The van der Waals surface area contributed by atoms with Crippen molar-refractivity contribution in [3.05, 3.63) is 12.7 Å². The summed E-state index contributed by atoms with van der Waals surface area (Å²) in [5, 5.41) is 3.38. The highest BCUT2D eigenvalue weighted by Gasteiger charge is 1.89. The van der Waals surface area contributed by atoms with Crippen molar-refractivity contribution >= 4 is 0 Å². The first-order valence-electron chi connectivity index (χ1n) is 5.43. The Morgan fingerprint density at radius 3 is 2.38 bits per heavy atom. The summed E-state index contributed by atoms with van der Waals surface area (Å²) >= 11 is 0. The molecule has 2 nitrogen and oxygen atoms in total. The van der Waals surface area contributed by atoms with Gasteiger partial charge in [-0.05, 0) is 45.3 Å². The number of nitrogens with two attached hydrogens (primary N) is 1. The second kappa shape index (κ2) is 11.7. The SMILES string of the molecule is C=CCCCCCCNCCCN. The van der Waals surface area contributed by atoms with Crippen LogP contribution in [0.4, 0.5) is 0 Å². The van der Waals surface area contributed by atoms with Crippen molar-refractivity contribution in [2.75, 3.05) is 19.6 Å². The van der Waals surface area contributed by atoms with Gasteiger partial charge in [-0.15, -0.1) is 6.58 Å². The van der Waals surface area contributed by atoms with E-state index in [2.05, 4.69) is 11.9 Å². The Kier molecular flexibility index (Phi) is 11.4. The molecule has 13 heavy (non-hydrogen) atoms. The fourth-order valence-corrected chi connectivity index (χ4v) is 1.24. The molecule has 0 aliphatic carbocycles. The number of rotatable bonds is 10. The van der Waals surface area contributed by atoms with Crippen LogP contribution in [0.15, 0.2) is 12.7 Å². The Hall–Kier alpha value is -0.340. The molecule has 0 aromatic carbocycles. The minimum Gasteiger partial charge on any atom is -0.330 e. The van der Waals surface area contributed by atoms with E-state index in [1.165, 1.54) is 32.1 Å². The lowest BCUT2D eigenvalue weighted by molar-refractivity contribution is 0.581. The summed E-state index contributed by atoms with van der Waals surface area (Å²) in [6, 6.07) is 0. The molecule has 0 aromatic heterocycles. The fourth-order valence-electron chi connectivity index (χ4n) is 1.24. The Labute approximate surface area is 82.6 Å². The lowest BCUT2D eigenvalue weighted by Gasteiger charge is -2.02. The quantitative estimate of drug-likeness (QED) is 0.403. The van der Waals surface area contributed by atoms with E-state index in [4.69, 9.17) is 5.73 Å². The van der Waals surface area contributed by atoms with Gasteiger partial charge in [0, 0.05) is 0 Å². The maximum absolute atomic E-state index is 5.37. The van der Waals surface area contributed by atoms with Gasteiger partial charge in [-0.25, -0.2) is 0 Å². The molecule has 0 atom stereocenters. The van der Waals surface area contributed by atoms with Gasteiger partial charge in [0.2, 0.25) is 0 Å². The van der Waals surface area contributed by atoms with Crippen molar-refractivity contribution in [1.82, 2.24) is 5.32 Å². The summed E-state index contributed by atoms with van der Waals surface area (Å²) in [6.45, 7) is 6.72. The third kappa shape index (κ3) is 11.7. The summed E-state index contributed by atoms with van der Waals surface area (Å²) in [4.78, 5) is 0. The van der Waals surface area contributed by atoms with Crippen molar-refractivity contribution in [2.24, 2.45) is 5.73 Å². The van der Waals surface area contributed by atoms with Crippen LogP contribution in [-0.2, 0) is 0 Å². The van der Waals surface area contributed by atoms with E-state index in [0.29, 0.717) is 0 Å². The molecule has 0 heterocycles. The highest BCUT2D eigenvalue weighted by atomic mass is 14.8. The summed E-state index contributed by atoms with van der Waals surface area (Å²) in [6.07, 6.45) is 9.53. The molecule has 0 saturated heterocycles. The third-order valence-electron chi connectivity index (χ3n) is 2.07. The minimum atomic E-state index is 0.798. The van der Waals surface area contributed by atoms with E-state index < -0.39 is 0 Å². The fraction of sp³-hybridized carbons (Fsp3) is 0.818. The van der Waals surface area contributed by atoms with Crippen LogP contribution in [0.25, 0.3) is 0 Å². The Morgan fingerprint density at radius 2 is 1.69 bits per heavy atom. The second-order valence-corrected chi connectivity index (χ2v) is 3.38. The number of hydrogen-bond acceptors (Lipinski definition) is 2. The topological polar surface area (TPSA) is 38.0 Å². The van der Waals surface area contributed by atoms with E-state index in [1.54, 1.807) is 0 Å². The summed E-state index contributed by atoms with van der Waals surface area (Å²) in [5.41, 5.74) is 5.37. The highest BCUT2D eigenvalue weighted by molar-refractivity contribution is 4.65. The standard InChI is InChI=1S/C11H24N2/c1-2-3-4-5-6-7-10-13-11-8-9-12/h2,13H,1,3-12H2. The first-order valence-corrected chi connectivity index (χ1v) is 5.43. The molecular weight excluding hydrogens is 160 g/mol. The van der Waals surface area contributed by atoms with Crippen LogP contribution in [0.1, 0.15) is 38.5 Å². The Balaban J connectivity index is 2.79. The van der Waals surface area contributed by atoms with Gasteiger partial charge in [0.15, 0.2) is 0 Å². The molecule has 0 bridgehead atoms. The molecule has 0 aliphatic heterocycles. The van der Waals surface area contributed by atoms with Crippen LogP contribution in [0.3, 0.4) is 0 Å². The third-order valence-corrected chi connectivity index (χ3v) is 2.07. The smallest absolute Gasteiger partial charge is 0.00369 e. The average molecular weight is 184 g/mol. The van der Waals surface area contributed by atoms with Gasteiger partial charge >= 0.3 is 0 Å². The summed E-state index contributed by atoms with van der Waals surface area (Å²) in [7, 11) is 0. The van der Waals surface area contributed by atoms with Crippen LogP contribution < -0.4 is 11.1 Å². The molecule has 0 rings (SSSR count). The zero-order valence-electron chi connectivity index (χ0n) is 8.73. The monoisotopic (exact) mass is 184 g/mol. The highest BCUT2D eigenvalue weighted by Crippen LogP contribution is 2.02. The zero-order chi connectivity index (χ0) is 9.78. The van der Waals surface area contributed by atoms with Gasteiger partial charge in [-0.3, -0.25) is 0 Å². The summed E-state index contributed by atoms with van der Waals surface area (Å²) in [5.74, 6) is 0. The van der Waals surface area contributed by atoms with Crippen LogP contribution in [0, 0.1) is 0 Å². The zero-order valence-corrected chi connectivity index (χ0v) is 8.73. The van der Waals surface area contributed by atoms with Gasteiger partial charge in [0.05, 0.1) is 0 Å². The number of unbranched alkanes of at least 4 members (excludes halogenated alkanes) is 4. The van der Waals surface area contributed by atoms with Crippen LogP contribution in [-0.4, -0.2) is 19.6 Å². The minimum absolute atomic E-state index is 0.798. The van der Waals surface area contributed by atoms with E-state index in [-0.39, 0.29) is 0 Å². The number of nitrogens with one attached hydrogen (secondary N) is 1. The lowest BCUT2D eigenvalue weighted by atomic mass is 10.1. The number of hydrogen-bond donors (Lipinski definition) is 2.